The average Bonchev–Trinajstić information content (AvgIpc) is 3.47. The van der Waals surface area contributed by atoms with E-state index in [0.717, 1.165) is 72.4 Å². The number of amides is 1. The molecular formula is C30H30ClN7O. The minimum Gasteiger partial charge on any atom is -0.348 e. The van der Waals surface area contributed by atoms with Crippen molar-refractivity contribution in [1.82, 2.24) is 35.9 Å². The molecule has 9 heteroatoms. The van der Waals surface area contributed by atoms with Crippen LogP contribution in [0.25, 0.3) is 22.3 Å². The van der Waals surface area contributed by atoms with Crippen LogP contribution in [0.15, 0.2) is 66.7 Å². The van der Waals surface area contributed by atoms with E-state index in [4.69, 9.17) is 21.6 Å². The first kappa shape index (κ1) is 26.4. The quantitative estimate of drug-likeness (QED) is 0.202. The molecule has 8 nitrogen and oxygen atoms in total. The molecule has 0 radical (unpaired) electrons. The van der Waals surface area contributed by atoms with E-state index in [9.17, 15) is 4.79 Å². The van der Waals surface area contributed by atoms with Gasteiger partial charge in [-0.3, -0.25) is 4.79 Å². The highest BCUT2D eigenvalue weighted by molar-refractivity contribution is 6.30. The van der Waals surface area contributed by atoms with Crippen molar-refractivity contribution < 1.29 is 4.79 Å². The number of carbonyl (C=O) groups is 1. The van der Waals surface area contributed by atoms with Crippen molar-refractivity contribution in [3.05, 3.63) is 100.0 Å². The number of fused-ring (bicyclic) bond motifs is 1. The number of nitrogens with one attached hydrogen (secondary N) is 2. The van der Waals surface area contributed by atoms with Gasteiger partial charge in [-0.15, -0.1) is 5.10 Å². The number of halogens is 1. The molecule has 0 unspecified atom stereocenters. The number of hydrogen-bond acceptors (Lipinski definition) is 6. The van der Waals surface area contributed by atoms with E-state index < -0.39 is 0 Å². The number of benzene rings is 3. The number of carbonyl (C=O) groups excluding carboxylic acids is 1. The van der Waals surface area contributed by atoms with Gasteiger partial charge in [-0.25, -0.2) is 15.1 Å². The van der Waals surface area contributed by atoms with Crippen molar-refractivity contribution in [3.8, 4) is 11.3 Å². The molecule has 2 N–H and O–H groups in total. The Labute approximate surface area is 232 Å². The largest absolute Gasteiger partial charge is 0.348 e. The molecule has 39 heavy (non-hydrogen) atoms. The molecule has 1 amide bonds. The maximum absolute atomic E-state index is 12.9. The minimum absolute atomic E-state index is 0.169. The summed E-state index contributed by atoms with van der Waals surface area (Å²) >= 11 is 6.07. The lowest BCUT2D eigenvalue weighted by atomic mass is 10.0. The lowest BCUT2D eigenvalue weighted by molar-refractivity contribution is 0.0951. The predicted molar refractivity (Wildman–Crippen MR) is 152 cm³/mol. The number of aromatic amines is 1. The fourth-order valence-corrected chi connectivity index (χ4v) is 4.81. The Kier molecular flexibility index (Phi) is 8.53. The molecule has 0 fully saturated rings. The Morgan fingerprint density at radius 2 is 1.74 bits per heavy atom. The number of rotatable bonds is 11. The molecule has 198 valence electrons. The summed E-state index contributed by atoms with van der Waals surface area (Å²) in [6.07, 6.45) is 5.44. The second-order valence-corrected chi connectivity index (χ2v) is 9.98. The smallest absolute Gasteiger partial charge is 0.251 e. The molecule has 0 spiro atoms. The molecule has 5 rings (SSSR count). The van der Waals surface area contributed by atoms with E-state index >= 15 is 0 Å². The fourth-order valence-electron chi connectivity index (χ4n) is 4.60. The van der Waals surface area contributed by atoms with Gasteiger partial charge in [-0.05, 0) is 83.6 Å². The minimum atomic E-state index is -0.169. The van der Waals surface area contributed by atoms with Gasteiger partial charge in [0.1, 0.15) is 5.82 Å². The van der Waals surface area contributed by atoms with Gasteiger partial charge in [0.05, 0.1) is 22.4 Å². The van der Waals surface area contributed by atoms with Gasteiger partial charge in [-0.2, -0.15) is 0 Å². The molecule has 0 aliphatic heterocycles. The highest BCUT2D eigenvalue weighted by atomic mass is 35.5. The Hall–Kier alpha value is -4.17. The normalized spacial score (nSPS) is 11.1. The van der Waals surface area contributed by atoms with Gasteiger partial charge in [0, 0.05) is 29.1 Å². The summed E-state index contributed by atoms with van der Waals surface area (Å²) in [4.78, 5) is 23.0. The summed E-state index contributed by atoms with van der Waals surface area (Å²) in [6, 6.07) is 21.5. The van der Waals surface area contributed by atoms with E-state index in [1.807, 2.05) is 36.4 Å². The van der Waals surface area contributed by atoms with E-state index in [0.29, 0.717) is 22.6 Å². The number of nitrogens with zero attached hydrogens (tertiary/aromatic N) is 5. The zero-order valence-corrected chi connectivity index (χ0v) is 22.6. The lowest BCUT2D eigenvalue weighted by Gasteiger charge is -2.12. The summed E-state index contributed by atoms with van der Waals surface area (Å²) in [7, 11) is 0. The number of tetrazole rings is 1. The van der Waals surface area contributed by atoms with Crippen molar-refractivity contribution in [2.75, 3.05) is 0 Å². The zero-order chi connectivity index (χ0) is 27.0. The Morgan fingerprint density at radius 3 is 2.56 bits per heavy atom. The van der Waals surface area contributed by atoms with Crippen LogP contribution in [0.3, 0.4) is 0 Å². The fraction of sp³-hybridized carbons (Fsp3) is 0.267. The molecule has 2 heterocycles. The molecule has 2 aromatic heterocycles. The van der Waals surface area contributed by atoms with Crippen LogP contribution < -0.4 is 5.32 Å². The van der Waals surface area contributed by atoms with E-state index in [1.54, 1.807) is 6.07 Å². The van der Waals surface area contributed by atoms with Crippen LogP contribution >= 0.6 is 11.6 Å². The van der Waals surface area contributed by atoms with Crippen LogP contribution in [0, 0.1) is 0 Å². The first-order valence-electron chi connectivity index (χ1n) is 13.2. The molecule has 5 aromatic rings. The predicted octanol–water partition coefficient (Wildman–Crippen LogP) is 5.91. The number of unbranched alkanes of at least 4 members (excludes halogenated alkanes) is 1. The van der Waals surface area contributed by atoms with E-state index in [1.165, 1.54) is 5.56 Å². The van der Waals surface area contributed by atoms with Gasteiger partial charge in [0.15, 0.2) is 0 Å². The number of aryl methyl sites for hydroxylation is 3. The maximum atomic E-state index is 12.9. The Bertz CT molecular complexity index is 1570. The molecule has 0 aliphatic rings. The van der Waals surface area contributed by atoms with E-state index in [2.05, 4.69) is 57.1 Å². The summed E-state index contributed by atoms with van der Waals surface area (Å²) in [5.74, 6) is 0.609. The molecule has 0 bridgehead atoms. The number of H-pyrrole nitrogens is 1. The van der Waals surface area contributed by atoms with Crippen molar-refractivity contribution in [3.63, 3.8) is 0 Å². The van der Waals surface area contributed by atoms with Crippen LogP contribution in [-0.4, -0.2) is 36.5 Å². The van der Waals surface area contributed by atoms with Gasteiger partial charge >= 0.3 is 0 Å². The van der Waals surface area contributed by atoms with Gasteiger partial charge in [-0.1, -0.05) is 55.3 Å². The highest BCUT2D eigenvalue weighted by Gasteiger charge is 2.14. The highest BCUT2D eigenvalue weighted by Crippen LogP contribution is 2.27. The third-order valence-electron chi connectivity index (χ3n) is 6.55. The first-order valence-corrected chi connectivity index (χ1v) is 13.6. The number of aromatic nitrogens is 6. The standard InChI is InChI=1S/C30H30ClN7O/c1-2-7-20-8-5-10-22(16-20)29-26(12-3-4-13-28-35-37-38-36-28)33-27-18-23(14-15-25(27)34-29)30(39)32-19-21-9-6-11-24(31)17-21/h5-6,8-11,14-18H,2-4,7,12-13,19H2,1H3,(H,32,39)(H,35,36,37,38). The summed E-state index contributed by atoms with van der Waals surface area (Å²) in [5, 5.41) is 17.7. The summed E-state index contributed by atoms with van der Waals surface area (Å²) in [6.45, 7) is 2.57. The molecule has 0 saturated carbocycles. The van der Waals surface area contributed by atoms with Crippen molar-refractivity contribution in [2.45, 2.75) is 52.0 Å². The molecule has 0 aliphatic carbocycles. The van der Waals surface area contributed by atoms with Crippen molar-refractivity contribution in [2.24, 2.45) is 0 Å². The Morgan fingerprint density at radius 1 is 0.897 bits per heavy atom. The van der Waals surface area contributed by atoms with Crippen molar-refractivity contribution in [1.29, 1.82) is 0 Å². The molecule has 0 saturated heterocycles. The van der Waals surface area contributed by atoms with Gasteiger partial charge in [0.25, 0.3) is 5.91 Å². The topological polar surface area (TPSA) is 109 Å². The zero-order valence-electron chi connectivity index (χ0n) is 21.8. The summed E-state index contributed by atoms with van der Waals surface area (Å²) in [5.41, 5.74) is 7.10. The number of hydrogen-bond donors (Lipinski definition) is 2. The maximum Gasteiger partial charge on any atom is 0.251 e. The van der Waals surface area contributed by atoms with Gasteiger partial charge in [0.2, 0.25) is 0 Å². The average molecular weight is 540 g/mol. The van der Waals surface area contributed by atoms with Crippen molar-refractivity contribution >= 4 is 28.5 Å². The van der Waals surface area contributed by atoms with Crippen LogP contribution in [0.5, 0.6) is 0 Å². The third-order valence-corrected chi connectivity index (χ3v) is 6.78. The molecule has 3 aromatic carbocycles. The monoisotopic (exact) mass is 539 g/mol. The Balaban J connectivity index is 1.40. The molecule has 0 atom stereocenters. The van der Waals surface area contributed by atoms with Crippen LogP contribution in [0.2, 0.25) is 5.02 Å². The second kappa shape index (κ2) is 12.6. The first-order chi connectivity index (χ1) is 19.1. The van der Waals surface area contributed by atoms with E-state index in [-0.39, 0.29) is 5.91 Å². The van der Waals surface area contributed by atoms with Crippen LogP contribution in [0.1, 0.15) is 59.2 Å². The van der Waals surface area contributed by atoms with Crippen LogP contribution in [0.4, 0.5) is 0 Å². The lowest BCUT2D eigenvalue weighted by Crippen LogP contribution is -2.22. The van der Waals surface area contributed by atoms with Crippen LogP contribution in [-0.2, 0) is 25.8 Å². The third kappa shape index (κ3) is 6.83. The summed E-state index contributed by atoms with van der Waals surface area (Å²) < 4.78 is 0. The second-order valence-electron chi connectivity index (χ2n) is 9.54. The molecular weight excluding hydrogens is 510 g/mol. The SMILES string of the molecule is CCCc1cccc(-c2nc3ccc(C(=O)NCc4cccc(Cl)c4)cc3nc2CCCCc2nnn[nH]2)c1. The van der Waals surface area contributed by atoms with Gasteiger partial charge < -0.3 is 5.32 Å².